The molecule has 0 aliphatic carbocycles. The lowest BCUT2D eigenvalue weighted by Crippen LogP contribution is -2.41. The van der Waals surface area contributed by atoms with Gasteiger partial charge in [-0.05, 0) is 25.5 Å². The van der Waals surface area contributed by atoms with E-state index in [1.165, 1.54) is 18.1 Å². The highest BCUT2D eigenvalue weighted by atomic mass is 32.2. The first-order valence-electron chi connectivity index (χ1n) is 6.75. The largest absolute Gasteiger partial charge is 0.492 e. The van der Waals surface area contributed by atoms with Crippen molar-refractivity contribution in [3.8, 4) is 11.8 Å². The topological polar surface area (TPSA) is 36.3 Å². The van der Waals surface area contributed by atoms with E-state index in [1.54, 1.807) is 6.07 Å². The van der Waals surface area contributed by atoms with E-state index < -0.39 is 0 Å². The lowest BCUT2D eigenvalue weighted by molar-refractivity contribution is 0.206. The summed E-state index contributed by atoms with van der Waals surface area (Å²) in [5, 5.41) is 8.97. The molecule has 1 atom stereocenters. The van der Waals surface area contributed by atoms with Gasteiger partial charge in [0.25, 0.3) is 0 Å². The second-order valence-electron chi connectivity index (χ2n) is 4.77. The number of hydrogen-bond donors (Lipinski definition) is 0. The number of rotatable bonds is 5. The Balaban J connectivity index is 1.73. The highest BCUT2D eigenvalue weighted by Crippen LogP contribution is 2.18. The molecule has 102 valence electrons. The molecule has 0 bridgehead atoms. The highest BCUT2D eigenvalue weighted by Gasteiger charge is 2.17. The van der Waals surface area contributed by atoms with Crippen LogP contribution in [0.15, 0.2) is 24.3 Å². The summed E-state index contributed by atoms with van der Waals surface area (Å²) in [6, 6.07) is 10.2. The van der Waals surface area contributed by atoms with Crippen molar-refractivity contribution in [1.29, 1.82) is 5.26 Å². The highest BCUT2D eigenvalue weighted by molar-refractivity contribution is 7.99. The predicted octanol–water partition coefficient (Wildman–Crippen LogP) is 2.76. The van der Waals surface area contributed by atoms with Gasteiger partial charge in [0, 0.05) is 30.6 Å². The van der Waals surface area contributed by atoms with Gasteiger partial charge < -0.3 is 4.74 Å². The summed E-state index contributed by atoms with van der Waals surface area (Å²) in [6.07, 6.45) is 1.01. The Labute approximate surface area is 119 Å². The average Bonchev–Trinajstić information content (AvgIpc) is 2.45. The molecule has 4 heteroatoms. The number of nitriles is 1. The summed E-state index contributed by atoms with van der Waals surface area (Å²) >= 11 is 2.04. The molecule has 1 heterocycles. The fraction of sp³-hybridized carbons (Fsp3) is 0.533. The zero-order valence-corrected chi connectivity index (χ0v) is 12.2. The van der Waals surface area contributed by atoms with E-state index in [0.29, 0.717) is 24.0 Å². The molecule has 1 aromatic carbocycles. The van der Waals surface area contributed by atoms with E-state index in [2.05, 4.69) is 17.9 Å². The third kappa shape index (κ3) is 4.15. The van der Waals surface area contributed by atoms with Gasteiger partial charge in [-0.1, -0.05) is 12.1 Å². The second-order valence-corrected chi connectivity index (χ2v) is 5.92. The molecule has 3 nitrogen and oxygen atoms in total. The van der Waals surface area contributed by atoms with Crippen molar-refractivity contribution in [3.63, 3.8) is 0 Å². The van der Waals surface area contributed by atoms with Crippen LogP contribution in [0.4, 0.5) is 0 Å². The Kier molecular flexibility index (Phi) is 5.56. The van der Waals surface area contributed by atoms with E-state index in [1.807, 2.05) is 30.0 Å². The molecule has 19 heavy (non-hydrogen) atoms. The SMILES string of the molecule is CC1CSCCN1CCCOc1ccccc1C#N. The van der Waals surface area contributed by atoms with Crippen molar-refractivity contribution in [2.75, 3.05) is 31.2 Å². The van der Waals surface area contributed by atoms with Crippen LogP contribution >= 0.6 is 11.8 Å². The minimum Gasteiger partial charge on any atom is -0.492 e. The summed E-state index contributed by atoms with van der Waals surface area (Å²) in [4.78, 5) is 2.52. The number of nitrogens with zero attached hydrogens (tertiary/aromatic N) is 2. The number of ether oxygens (including phenoxy) is 1. The van der Waals surface area contributed by atoms with Crippen LogP contribution in [0.2, 0.25) is 0 Å². The van der Waals surface area contributed by atoms with E-state index in [4.69, 9.17) is 10.00 Å². The number of benzene rings is 1. The molecule has 0 aromatic heterocycles. The van der Waals surface area contributed by atoms with Crippen molar-refractivity contribution in [3.05, 3.63) is 29.8 Å². The van der Waals surface area contributed by atoms with Gasteiger partial charge in [0.1, 0.15) is 11.8 Å². The first kappa shape index (κ1) is 14.2. The van der Waals surface area contributed by atoms with Gasteiger partial charge in [-0.3, -0.25) is 4.90 Å². The fourth-order valence-electron chi connectivity index (χ4n) is 2.23. The van der Waals surface area contributed by atoms with E-state index >= 15 is 0 Å². The molecule has 1 saturated heterocycles. The lowest BCUT2D eigenvalue weighted by Gasteiger charge is -2.32. The number of hydrogen-bond acceptors (Lipinski definition) is 4. The normalized spacial score (nSPS) is 19.9. The number of para-hydroxylation sites is 1. The first-order valence-corrected chi connectivity index (χ1v) is 7.90. The molecule has 1 fully saturated rings. The third-order valence-electron chi connectivity index (χ3n) is 3.36. The van der Waals surface area contributed by atoms with Crippen molar-refractivity contribution in [1.82, 2.24) is 4.90 Å². The molecule has 1 aliphatic heterocycles. The quantitative estimate of drug-likeness (QED) is 0.775. The van der Waals surface area contributed by atoms with Gasteiger partial charge in [-0.2, -0.15) is 17.0 Å². The van der Waals surface area contributed by atoms with Gasteiger partial charge in [-0.15, -0.1) is 0 Å². The molecule has 0 radical (unpaired) electrons. The summed E-state index contributed by atoms with van der Waals surface area (Å²) < 4.78 is 5.70. The van der Waals surface area contributed by atoms with Crippen LogP contribution in [0.5, 0.6) is 5.75 Å². The van der Waals surface area contributed by atoms with Crippen molar-refractivity contribution in [2.45, 2.75) is 19.4 Å². The van der Waals surface area contributed by atoms with Crippen LogP contribution in [0.3, 0.4) is 0 Å². The van der Waals surface area contributed by atoms with Crippen LogP contribution in [-0.4, -0.2) is 42.1 Å². The summed E-state index contributed by atoms with van der Waals surface area (Å²) in [7, 11) is 0. The Bertz CT molecular complexity index is 444. The maximum Gasteiger partial charge on any atom is 0.137 e. The zero-order valence-electron chi connectivity index (χ0n) is 11.3. The maximum absolute atomic E-state index is 8.97. The smallest absolute Gasteiger partial charge is 0.137 e. The van der Waals surface area contributed by atoms with E-state index in [-0.39, 0.29) is 0 Å². The Hall–Kier alpha value is -1.18. The zero-order chi connectivity index (χ0) is 13.5. The fourth-order valence-corrected chi connectivity index (χ4v) is 3.31. The molecule has 0 N–H and O–H groups in total. The average molecular weight is 276 g/mol. The van der Waals surface area contributed by atoms with E-state index in [9.17, 15) is 0 Å². The first-order chi connectivity index (χ1) is 9.31. The Morgan fingerprint density at radius 1 is 1.47 bits per heavy atom. The summed E-state index contributed by atoms with van der Waals surface area (Å²) in [5.41, 5.74) is 0.616. The molecule has 0 amide bonds. The van der Waals surface area contributed by atoms with Gasteiger partial charge in [-0.25, -0.2) is 0 Å². The number of thioether (sulfide) groups is 1. The van der Waals surface area contributed by atoms with Crippen LogP contribution in [-0.2, 0) is 0 Å². The second kappa shape index (κ2) is 7.42. The Morgan fingerprint density at radius 3 is 3.11 bits per heavy atom. The minimum atomic E-state index is 0.616. The van der Waals surface area contributed by atoms with Crippen molar-refractivity contribution >= 4 is 11.8 Å². The molecule has 2 rings (SSSR count). The van der Waals surface area contributed by atoms with Crippen LogP contribution in [0.25, 0.3) is 0 Å². The minimum absolute atomic E-state index is 0.616. The third-order valence-corrected chi connectivity index (χ3v) is 4.55. The summed E-state index contributed by atoms with van der Waals surface area (Å²) in [6.45, 7) is 5.23. The van der Waals surface area contributed by atoms with Gasteiger partial charge in [0.15, 0.2) is 0 Å². The van der Waals surface area contributed by atoms with Crippen LogP contribution in [0, 0.1) is 11.3 Å². The molecular weight excluding hydrogens is 256 g/mol. The monoisotopic (exact) mass is 276 g/mol. The maximum atomic E-state index is 8.97. The van der Waals surface area contributed by atoms with Crippen LogP contribution < -0.4 is 4.74 Å². The van der Waals surface area contributed by atoms with Gasteiger partial charge >= 0.3 is 0 Å². The van der Waals surface area contributed by atoms with Crippen LogP contribution in [0.1, 0.15) is 18.9 Å². The molecule has 0 saturated carbocycles. The van der Waals surface area contributed by atoms with Crippen molar-refractivity contribution in [2.24, 2.45) is 0 Å². The van der Waals surface area contributed by atoms with Gasteiger partial charge in [0.05, 0.1) is 12.2 Å². The standard InChI is InChI=1S/C15H20N2OS/c1-13-12-19-10-8-17(13)7-4-9-18-15-6-3-2-5-14(15)11-16/h2-3,5-6,13H,4,7-10,12H2,1H3. The van der Waals surface area contributed by atoms with E-state index in [0.717, 1.165) is 13.0 Å². The van der Waals surface area contributed by atoms with Crippen molar-refractivity contribution < 1.29 is 4.74 Å². The Morgan fingerprint density at radius 2 is 2.32 bits per heavy atom. The van der Waals surface area contributed by atoms with Gasteiger partial charge in [0.2, 0.25) is 0 Å². The molecular formula is C15H20N2OS. The molecule has 0 spiro atoms. The molecule has 1 aliphatic rings. The summed E-state index contributed by atoms with van der Waals surface area (Å²) in [5.74, 6) is 3.17. The molecule has 1 aromatic rings. The predicted molar refractivity (Wildman–Crippen MR) is 79.6 cm³/mol. The lowest BCUT2D eigenvalue weighted by atomic mass is 10.2. The molecule has 1 unspecified atom stereocenters.